The first kappa shape index (κ1) is 7.91. The first-order valence-electron chi connectivity index (χ1n) is 4.05. The summed E-state index contributed by atoms with van der Waals surface area (Å²) in [5.41, 5.74) is 6.99. The van der Waals surface area contributed by atoms with E-state index >= 15 is 0 Å². The van der Waals surface area contributed by atoms with E-state index in [1.807, 2.05) is 0 Å². The summed E-state index contributed by atoms with van der Waals surface area (Å²) in [6.07, 6.45) is 0.792. The first-order chi connectivity index (χ1) is 6.31. The van der Waals surface area contributed by atoms with Crippen LogP contribution < -0.4 is 15.4 Å². The molecule has 0 aromatic heterocycles. The summed E-state index contributed by atoms with van der Waals surface area (Å²) >= 11 is 0. The van der Waals surface area contributed by atoms with Crippen LogP contribution in [0.15, 0.2) is 18.2 Å². The van der Waals surface area contributed by atoms with Gasteiger partial charge in [0, 0.05) is 5.69 Å². The highest BCUT2D eigenvalue weighted by molar-refractivity contribution is 5.81. The summed E-state index contributed by atoms with van der Waals surface area (Å²) in [4.78, 5) is 12.3. The molecule has 0 saturated heterocycles. The van der Waals surface area contributed by atoms with E-state index in [0.29, 0.717) is 24.6 Å². The molecule has 1 aromatic rings. The molecule has 0 aliphatic carbocycles. The lowest BCUT2D eigenvalue weighted by molar-refractivity contribution is -0.107. The van der Waals surface area contributed by atoms with E-state index in [1.165, 1.54) is 0 Å². The lowest BCUT2D eigenvalue weighted by atomic mass is 10.2. The van der Waals surface area contributed by atoms with Crippen molar-refractivity contribution in [1.29, 1.82) is 0 Å². The molecule has 0 radical (unpaired) electrons. The van der Waals surface area contributed by atoms with E-state index in [1.54, 1.807) is 23.1 Å². The number of hydrogen-bond acceptors (Lipinski definition) is 3. The van der Waals surface area contributed by atoms with Crippen LogP contribution in [-0.4, -0.2) is 19.6 Å². The minimum absolute atomic E-state index is 0.537. The number of nitrogen functional groups attached to an aromatic ring is 1. The molecular weight excluding hydrogens is 168 g/mol. The van der Waals surface area contributed by atoms with Crippen molar-refractivity contribution in [1.82, 2.24) is 0 Å². The second-order valence-electron chi connectivity index (χ2n) is 2.87. The summed E-state index contributed by atoms with van der Waals surface area (Å²) in [7, 11) is 0. The van der Waals surface area contributed by atoms with Gasteiger partial charge in [0.2, 0.25) is 6.41 Å². The zero-order valence-corrected chi connectivity index (χ0v) is 7.06. The van der Waals surface area contributed by atoms with Crippen molar-refractivity contribution in [2.45, 2.75) is 0 Å². The summed E-state index contributed by atoms with van der Waals surface area (Å²) in [6.45, 7) is 1.12. The van der Waals surface area contributed by atoms with Crippen LogP contribution in [-0.2, 0) is 4.79 Å². The lowest BCUT2D eigenvalue weighted by Gasteiger charge is -2.26. The molecule has 0 bridgehead atoms. The number of carbonyl (C=O) groups is 1. The van der Waals surface area contributed by atoms with Crippen molar-refractivity contribution in [2.75, 3.05) is 23.8 Å². The van der Waals surface area contributed by atoms with E-state index in [9.17, 15) is 4.79 Å². The Bertz CT molecular complexity index is 338. The van der Waals surface area contributed by atoms with E-state index in [0.717, 1.165) is 12.1 Å². The molecule has 0 fully saturated rings. The lowest BCUT2D eigenvalue weighted by Crippen LogP contribution is -2.31. The number of nitrogens with two attached hydrogens (primary N) is 1. The van der Waals surface area contributed by atoms with Crippen molar-refractivity contribution in [2.24, 2.45) is 0 Å². The van der Waals surface area contributed by atoms with Crippen LogP contribution in [0.25, 0.3) is 0 Å². The Hall–Kier alpha value is -1.71. The molecule has 0 spiro atoms. The van der Waals surface area contributed by atoms with Crippen molar-refractivity contribution >= 4 is 17.8 Å². The Morgan fingerprint density at radius 3 is 3.15 bits per heavy atom. The molecule has 1 aromatic carbocycles. The fourth-order valence-corrected chi connectivity index (χ4v) is 1.36. The topological polar surface area (TPSA) is 55.6 Å². The number of fused-ring (bicyclic) bond motifs is 1. The molecule has 1 aliphatic rings. The minimum atomic E-state index is 0.537. The average Bonchev–Trinajstić information content (AvgIpc) is 2.17. The van der Waals surface area contributed by atoms with Crippen LogP contribution in [0, 0.1) is 0 Å². The third-order valence-corrected chi connectivity index (χ3v) is 2.01. The van der Waals surface area contributed by atoms with Crippen LogP contribution in [0.2, 0.25) is 0 Å². The minimum Gasteiger partial charge on any atom is -0.490 e. The predicted octanol–water partition coefficient (Wildman–Crippen LogP) is 0.624. The van der Waals surface area contributed by atoms with Gasteiger partial charge in [-0.05, 0) is 18.2 Å². The van der Waals surface area contributed by atoms with Gasteiger partial charge in [-0.2, -0.15) is 0 Å². The molecule has 4 nitrogen and oxygen atoms in total. The summed E-state index contributed by atoms with van der Waals surface area (Å²) < 4.78 is 5.35. The van der Waals surface area contributed by atoms with Gasteiger partial charge in [0.1, 0.15) is 12.4 Å². The molecular formula is C9H10N2O2. The number of amides is 1. The van der Waals surface area contributed by atoms with Crippen LogP contribution in [0.3, 0.4) is 0 Å². The highest BCUT2D eigenvalue weighted by atomic mass is 16.5. The maximum Gasteiger partial charge on any atom is 0.214 e. The fraction of sp³-hybridized carbons (Fsp3) is 0.222. The number of hydrogen-bond donors (Lipinski definition) is 1. The largest absolute Gasteiger partial charge is 0.490 e. The van der Waals surface area contributed by atoms with Crippen molar-refractivity contribution in [3.8, 4) is 5.75 Å². The number of nitrogens with zero attached hydrogens (tertiary/aromatic N) is 1. The number of benzene rings is 1. The van der Waals surface area contributed by atoms with E-state index < -0.39 is 0 Å². The van der Waals surface area contributed by atoms with Gasteiger partial charge in [0.05, 0.1) is 12.2 Å². The van der Waals surface area contributed by atoms with Crippen molar-refractivity contribution in [3.05, 3.63) is 18.2 Å². The second-order valence-corrected chi connectivity index (χ2v) is 2.87. The predicted molar refractivity (Wildman–Crippen MR) is 49.8 cm³/mol. The Morgan fingerprint density at radius 1 is 1.54 bits per heavy atom. The van der Waals surface area contributed by atoms with E-state index in [-0.39, 0.29) is 0 Å². The standard InChI is InChI=1S/C9H10N2O2/c10-7-1-2-9-8(5-7)11(6-12)3-4-13-9/h1-2,5-6H,3-4,10H2. The Morgan fingerprint density at radius 2 is 2.38 bits per heavy atom. The highest BCUT2D eigenvalue weighted by Gasteiger charge is 2.16. The van der Waals surface area contributed by atoms with Gasteiger partial charge in [-0.25, -0.2) is 0 Å². The summed E-state index contributed by atoms with van der Waals surface area (Å²) in [5.74, 6) is 0.715. The second kappa shape index (κ2) is 2.97. The van der Waals surface area contributed by atoms with Gasteiger partial charge in [0.15, 0.2) is 0 Å². The Labute approximate surface area is 75.9 Å². The molecule has 1 amide bonds. The molecule has 0 saturated carbocycles. The van der Waals surface area contributed by atoms with Crippen LogP contribution in [0.1, 0.15) is 0 Å². The Balaban J connectivity index is 2.47. The fourth-order valence-electron chi connectivity index (χ4n) is 1.36. The highest BCUT2D eigenvalue weighted by Crippen LogP contribution is 2.32. The van der Waals surface area contributed by atoms with Gasteiger partial charge in [-0.1, -0.05) is 0 Å². The van der Waals surface area contributed by atoms with Gasteiger partial charge >= 0.3 is 0 Å². The number of rotatable bonds is 1. The maximum atomic E-state index is 10.7. The van der Waals surface area contributed by atoms with Gasteiger partial charge in [-0.15, -0.1) is 0 Å². The monoisotopic (exact) mass is 178 g/mol. The molecule has 1 heterocycles. The molecule has 2 N–H and O–H groups in total. The van der Waals surface area contributed by atoms with Gasteiger partial charge in [-0.3, -0.25) is 4.79 Å². The third kappa shape index (κ3) is 1.30. The number of carbonyl (C=O) groups excluding carboxylic acids is 1. The molecule has 2 rings (SSSR count). The molecule has 0 unspecified atom stereocenters. The van der Waals surface area contributed by atoms with Gasteiger partial charge in [0.25, 0.3) is 0 Å². The number of anilines is 2. The quantitative estimate of drug-likeness (QED) is 0.506. The summed E-state index contributed by atoms with van der Waals surface area (Å²) in [6, 6.07) is 5.27. The zero-order valence-electron chi connectivity index (χ0n) is 7.06. The first-order valence-corrected chi connectivity index (χ1v) is 4.05. The van der Waals surface area contributed by atoms with Crippen molar-refractivity contribution in [3.63, 3.8) is 0 Å². The SMILES string of the molecule is Nc1ccc2c(c1)N(C=O)CCO2. The Kier molecular flexibility index (Phi) is 1.81. The van der Waals surface area contributed by atoms with E-state index in [2.05, 4.69) is 0 Å². The normalized spacial score (nSPS) is 14.6. The summed E-state index contributed by atoms with van der Waals surface area (Å²) in [5, 5.41) is 0. The third-order valence-electron chi connectivity index (χ3n) is 2.01. The molecule has 13 heavy (non-hydrogen) atoms. The number of ether oxygens (including phenoxy) is 1. The smallest absolute Gasteiger partial charge is 0.214 e. The molecule has 68 valence electrons. The molecule has 1 aliphatic heterocycles. The molecule has 0 atom stereocenters. The van der Waals surface area contributed by atoms with Gasteiger partial charge < -0.3 is 15.4 Å². The molecule has 4 heteroatoms. The van der Waals surface area contributed by atoms with Crippen LogP contribution >= 0.6 is 0 Å². The van der Waals surface area contributed by atoms with E-state index in [4.69, 9.17) is 10.5 Å². The average molecular weight is 178 g/mol. The van der Waals surface area contributed by atoms with Crippen LogP contribution in [0.5, 0.6) is 5.75 Å². The van der Waals surface area contributed by atoms with Crippen molar-refractivity contribution < 1.29 is 9.53 Å². The maximum absolute atomic E-state index is 10.7. The van der Waals surface area contributed by atoms with Crippen LogP contribution in [0.4, 0.5) is 11.4 Å². The zero-order chi connectivity index (χ0) is 9.26.